The Hall–Kier alpha value is -4.34. The van der Waals surface area contributed by atoms with Gasteiger partial charge in [-0.25, -0.2) is 8.42 Å². The molecule has 0 aliphatic heterocycles. The van der Waals surface area contributed by atoms with Crippen LogP contribution in [0.15, 0.2) is 108 Å². The highest BCUT2D eigenvalue weighted by atomic mass is 35.5. The highest BCUT2D eigenvalue weighted by Crippen LogP contribution is 2.27. The highest BCUT2D eigenvalue weighted by molar-refractivity contribution is 7.92. The summed E-state index contributed by atoms with van der Waals surface area (Å²) >= 11 is 6.25. The Morgan fingerprint density at radius 2 is 1.53 bits per heavy atom. The molecule has 8 nitrogen and oxygen atoms in total. The number of halogens is 1. The van der Waals surface area contributed by atoms with E-state index in [1.807, 2.05) is 37.3 Å². The van der Waals surface area contributed by atoms with E-state index in [1.165, 1.54) is 31.2 Å². The lowest BCUT2D eigenvalue weighted by Gasteiger charge is -2.33. The monoisotopic (exact) mass is 619 g/mol. The molecule has 0 radical (unpaired) electrons. The van der Waals surface area contributed by atoms with E-state index in [-0.39, 0.29) is 29.5 Å². The summed E-state index contributed by atoms with van der Waals surface area (Å²) in [6.45, 7) is 1.34. The first-order chi connectivity index (χ1) is 20.6. The van der Waals surface area contributed by atoms with Gasteiger partial charge in [-0.15, -0.1) is 0 Å². The van der Waals surface area contributed by atoms with Gasteiger partial charge in [-0.2, -0.15) is 0 Å². The number of methoxy groups -OCH3 is 1. The Labute approximate surface area is 257 Å². The molecule has 0 heterocycles. The summed E-state index contributed by atoms with van der Waals surface area (Å²) in [6, 6.07) is 28.3. The van der Waals surface area contributed by atoms with Gasteiger partial charge in [-0.1, -0.05) is 71.8 Å². The number of hydrogen-bond acceptors (Lipinski definition) is 5. The maximum Gasteiger partial charge on any atom is 0.264 e. The zero-order valence-corrected chi connectivity index (χ0v) is 25.8. The Kier molecular flexibility index (Phi) is 10.4. The number of anilines is 1. The van der Waals surface area contributed by atoms with Gasteiger partial charge in [0, 0.05) is 25.0 Å². The van der Waals surface area contributed by atoms with Crippen LogP contribution in [-0.2, 0) is 32.6 Å². The Bertz CT molecular complexity index is 1650. The van der Waals surface area contributed by atoms with Crippen LogP contribution in [-0.4, -0.2) is 51.9 Å². The molecule has 0 aliphatic carbocycles. The normalized spacial score (nSPS) is 11.8. The molecule has 10 heteroatoms. The summed E-state index contributed by atoms with van der Waals surface area (Å²) in [5.41, 5.74) is 2.71. The van der Waals surface area contributed by atoms with Crippen LogP contribution >= 0.6 is 11.6 Å². The van der Waals surface area contributed by atoms with E-state index in [9.17, 15) is 18.0 Å². The van der Waals surface area contributed by atoms with E-state index in [4.69, 9.17) is 16.3 Å². The van der Waals surface area contributed by atoms with Crippen molar-refractivity contribution in [1.82, 2.24) is 10.2 Å². The predicted molar refractivity (Wildman–Crippen MR) is 169 cm³/mol. The fraction of sp³-hybridized carbons (Fsp3) is 0.212. The lowest BCUT2D eigenvalue weighted by Crippen LogP contribution is -2.53. The maximum absolute atomic E-state index is 14.3. The van der Waals surface area contributed by atoms with Crippen LogP contribution in [0.25, 0.3) is 0 Å². The van der Waals surface area contributed by atoms with Gasteiger partial charge in [-0.05, 0) is 66.6 Å². The highest BCUT2D eigenvalue weighted by Gasteiger charge is 2.34. The van der Waals surface area contributed by atoms with Crippen LogP contribution in [0.2, 0.25) is 5.02 Å². The number of carbonyl (C=O) groups excluding carboxylic acids is 2. The lowest BCUT2D eigenvalue weighted by molar-refractivity contribution is -0.139. The van der Waals surface area contributed by atoms with Crippen LogP contribution in [0.1, 0.15) is 16.7 Å². The van der Waals surface area contributed by atoms with E-state index >= 15 is 0 Å². The quantitative estimate of drug-likeness (QED) is 0.234. The molecule has 4 aromatic rings. The van der Waals surface area contributed by atoms with Crippen molar-refractivity contribution >= 4 is 39.1 Å². The van der Waals surface area contributed by atoms with Crippen molar-refractivity contribution in [2.75, 3.05) is 25.0 Å². The van der Waals surface area contributed by atoms with Crippen LogP contribution in [0.5, 0.6) is 5.75 Å². The van der Waals surface area contributed by atoms with Crippen LogP contribution in [0.4, 0.5) is 5.69 Å². The standard InChI is InChI=1S/C33H34ClN3O5S/c1-24-12-18-30(19-13-24)43(40,41)37(28-14-16-29(42-3)17-15-28)23-32(38)36(22-26-10-7-11-27(34)20-26)31(33(39)35-2)21-25-8-5-4-6-9-25/h4-20,31H,21-23H2,1-3H3,(H,35,39)/t31-/m1/s1. The van der Waals surface area contributed by atoms with Crippen molar-refractivity contribution in [3.63, 3.8) is 0 Å². The molecule has 0 saturated carbocycles. The molecule has 1 N–H and O–H groups in total. The summed E-state index contributed by atoms with van der Waals surface area (Å²) in [5.74, 6) is -0.402. The van der Waals surface area contributed by atoms with Crippen LogP contribution < -0.4 is 14.4 Å². The van der Waals surface area contributed by atoms with Crippen molar-refractivity contribution in [1.29, 1.82) is 0 Å². The molecule has 4 rings (SSSR count). The Balaban J connectivity index is 1.79. The number of sulfonamides is 1. The Morgan fingerprint density at radius 3 is 2.14 bits per heavy atom. The first kappa shape index (κ1) is 31.6. The van der Waals surface area contributed by atoms with Gasteiger partial charge in [0.05, 0.1) is 17.7 Å². The second-order valence-corrected chi connectivity index (χ2v) is 12.3. The number of ether oxygens (including phenoxy) is 1. The fourth-order valence-electron chi connectivity index (χ4n) is 4.67. The molecule has 0 unspecified atom stereocenters. The smallest absolute Gasteiger partial charge is 0.264 e. The summed E-state index contributed by atoms with van der Waals surface area (Å²) in [5, 5.41) is 3.15. The van der Waals surface area contributed by atoms with Crippen molar-refractivity contribution in [3.8, 4) is 5.75 Å². The van der Waals surface area contributed by atoms with Crippen LogP contribution in [0, 0.1) is 6.92 Å². The van der Waals surface area contributed by atoms with Gasteiger partial charge in [0.25, 0.3) is 10.0 Å². The molecule has 0 aromatic heterocycles. The summed E-state index contributed by atoms with van der Waals surface area (Å²) < 4.78 is 34.4. The molecular weight excluding hydrogens is 586 g/mol. The van der Waals surface area contributed by atoms with Crippen molar-refractivity contribution in [3.05, 3.63) is 125 Å². The molecule has 2 amide bonds. The number of amides is 2. The van der Waals surface area contributed by atoms with Gasteiger partial charge < -0.3 is 15.0 Å². The van der Waals surface area contributed by atoms with Gasteiger partial charge in [0.1, 0.15) is 18.3 Å². The number of rotatable bonds is 12. The molecule has 43 heavy (non-hydrogen) atoms. The Morgan fingerprint density at radius 1 is 0.884 bits per heavy atom. The zero-order valence-electron chi connectivity index (χ0n) is 24.2. The first-order valence-corrected chi connectivity index (χ1v) is 15.5. The second-order valence-electron chi connectivity index (χ2n) is 9.99. The third-order valence-electron chi connectivity index (χ3n) is 7.01. The number of hydrogen-bond donors (Lipinski definition) is 1. The van der Waals surface area contributed by atoms with E-state index in [2.05, 4.69) is 5.32 Å². The molecule has 4 aromatic carbocycles. The van der Waals surface area contributed by atoms with Crippen molar-refractivity contribution in [2.24, 2.45) is 0 Å². The SMILES string of the molecule is CNC(=O)[C@@H](Cc1ccccc1)N(Cc1cccc(Cl)c1)C(=O)CN(c1ccc(OC)cc1)S(=O)(=O)c1ccc(C)cc1. The van der Waals surface area contributed by atoms with E-state index in [0.717, 1.165) is 15.4 Å². The average Bonchev–Trinajstić information content (AvgIpc) is 3.02. The molecule has 1 atom stereocenters. The number of carbonyl (C=O) groups is 2. The number of benzene rings is 4. The lowest BCUT2D eigenvalue weighted by atomic mass is 10.0. The first-order valence-electron chi connectivity index (χ1n) is 13.6. The zero-order chi connectivity index (χ0) is 31.0. The molecule has 0 bridgehead atoms. The van der Waals surface area contributed by atoms with Gasteiger partial charge in [0.2, 0.25) is 11.8 Å². The average molecular weight is 620 g/mol. The topological polar surface area (TPSA) is 96.0 Å². The number of nitrogens with one attached hydrogen (secondary N) is 1. The van der Waals surface area contributed by atoms with E-state index in [0.29, 0.717) is 16.3 Å². The molecule has 0 spiro atoms. The summed E-state index contributed by atoms with van der Waals surface area (Å²) in [4.78, 5) is 29.1. The minimum atomic E-state index is -4.19. The molecule has 224 valence electrons. The van der Waals surface area contributed by atoms with Crippen molar-refractivity contribution in [2.45, 2.75) is 30.8 Å². The van der Waals surface area contributed by atoms with E-state index < -0.39 is 28.5 Å². The van der Waals surface area contributed by atoms with Gasteiger partial charge in [0.15, 0.2) is 0 Å². The summed E-state index contributed by atoms with van der Waals surface area (Å²) in [6.07, 6.45) is 0.222. The third-order valence-corrected chi connectivity index (χ3v) is 9.03. The van der Waals surface area contributed by atoms with Crippen LogP contribution in [0.3, 0.4) is 0 Å². The second kappa shape index (κ2) is 14.2. The third kappa shape index (κ3) is 7.94. The maximum atomic E-state index is 14.3. The minimum absolute atomic E-state index is 0.0331. The largest absolute Gasteiger partial charge is 0.497 e. The minimum Gasteiger partial charge on any atom is -0.497 e. The number of likely N-dealkylation sites (N-methyl/N-ethyl adjacent to an activating group) is 1. The summed E-state index contributed by atoms with van der Waals surface area (Å²) in [7, 11) is -1.17. The fourth-order valence-corrected chi connectivity index (χ4v) is 6.29. The predicted octanol–water partition coefficient (Wildman–Crippen LogP) is 5.24. The van der Waals surface area contributed by atoms with Gasteiger partial charge >= 0.3 is 0 Å². The molecule has 0 aliphatic rings. The molecule has 0 saturated heterocycles. The number of aryl methyl sites for hydroxylation is 1. The number of nitrogens with zero attached hydrogens (tertiary/aromatic N) is 2. The molecular formula is C33H34ClN3O5S. The van der Waals surface area contributed by atoms with E-state index in [1.54, 1.807) is 60.7 Å². The van der Waals surface area contributed by atoms with Crippen molar-refractivity contribution < 1.29 is 22.7 Å². The van der Waals surface area contributed by atoms with Gasteiger partial charge in [-0.3, -0.25) is 13.9 Å². The molecule has 0 fully saturated rings.